The number of nitrogens with zero attached hydrogens (tertiary/aromatic N) is 2. The molecule has 86 valence electrons. The second kappa shape index (κ2) is 4.17. The van der Waals surface area contributed by atoms with Gasteiger partial charge in [-0.25, -0.2) is 0 Å². The van der Waals surface area contributed by atoms with Crippen LogP contribution < -0.4 is 0 Å². The summed E-state index contributed by atoms with van der Waals surface area (Å²) >= 11 is 1.47. The van der Waals surface area contributed by atoms with Gasteiger partial charge in [0, 0.05) is 22.2 Å². The molecule has 0 radical (unpaired) electrons. The lowest BCUT2D eigenvalue weighted by Gasteiger charge is -2.04. The van der Waals surface area contributed by atoms with Crippen molar-refractivity contribution in [2.24, 2.45) is 0 Å². The predicted molar refractivity (Wildman–Crippen MR) is 74.6 cm³/mol. The van der Waals surface area contributed by atoms with Gasteiger partial charge in [-0.15, -0.1) is 11.3 Å². The molecule has 0 N–H and O–H groups in total. The van der Waals surface area contributed by atoms with Gasteiger partial charge >= 0.3 is 0 Å². The van der Waals surface area contributed by atoms with Gasteiger partial charge in [-0.3, -0.25) is 0 Å². The molecule has 3 rings (SSSR count). The molecule has 0 fully saturated rings. The lowest BCUT2D eigenvalue weighted by Crippen LogP contribution is -1.90. The summed E-state index contributed by atoms with van der Waals surface area (Å²) in [6.45, 7) is 4.15. The first kappa shape index (κ1) is 10.8. The van der Waals surface area contributed by atoms with Crippen LogP contribution in [-0.4, -0.2) is 4.40 Å². The molecule has 3 heteroatoms. The Hall–Kier alpha value is -2.31. The zero-order valence-corrected chi connectivity index (χ0v) is 10.4. The summed E-state index contributed by atoms with van der Waals surface area (Å²) in [5.41, 5.74) is 3.16. The quantitative estimate of drug-likeness (QED) is 0.677. The first-order valence-electron chi connectivity index (χ1n) is 5.55. The number of thiophene rings is 1. The molecular formula is C15H10N2S. The molecule has 3 heterocycles. The Morgan fingerprint density at radius 1 is 1.17 bits per heavy atom. The number of aromatic nitrogens is 1. The molecule has 3 aromatic heterocycles. The monoisotopic (exact) mass is 250 g/mol. The van der Waals surface area contributed by atoms with Gasteiger partial charge in [0.25, 0.3) is 0 Å². The van der Waals surface area contributed by atoms with Crippen molar-refractivity contribution in [1.82, 2.24) is 4.40 Å². The van der Waals surface area contributed by atoms with E-state index in [9.17, 15) is 0 Å². The molecule has 0 amide bonds. The summed E-state index contributed by atoms with van der Waals surface area (Å²) in [6, 6.07) is 16.1. The third-order valence-corrected chi connectivity index (χ3v) is 3.94. The van der Waals surface area contributed by atoms with E-state index in [2.05, 4.69) is 35.2 Å². The van der Waals surface area contributed by atoms with Crippen molar-refractivity contribution in [3.05, 3.63) is 70.7 Å². The van der Waals surface area contributed by atoms with Crippen LogP contribution in [0, 0.1) is 11.3 Å². The van der Waals surface area contributed by atoms with Crippen molar-refractivity contribution in [2.45, 2.75) is 0 Å². The molecule has 0 spiro atoms. The van der Waals surface area contributed by atoms with Gasteiger partial charge in [-0.1, -0.05) is 12.6 Å². The van der Waals surface area contributed by atoms with Crippen molar-refractivity contribution >= 4 is 22.4 Å². The second-order valence-electron chi connectivity index (χ2n) is 3.97. The van der Waals surface area contributed by atoms with Gasteiger partial charge in [-0.2, -0.15) is 5.26 Å². The van der Waals surface area contributed by atoms with E-state index in [1.54, 1.807) is 0 Å². The summed E-state index contributed by atoms with van der Waals surface area (Å²) in [7, 11) is 0. The summed E-state index contributed by atoms with van der Waals surface area (Å²) < 4.78 is 2.11. The lowest BCUT2D eigenvalue weighted by molar-refractivity contribution is 1.17. The first-order valence-corrected chi connectivity index (χ1v) is 6.37. The normalized spacial score (nSPS) is 10.4. The van der Waals surface area contributed by atoms with Crippen LogP contribution in [-0.2, 0) is 0 Å². The molecule has 0 aliphatic rings. The zero-order valence-electron chi connectivity index (χ0n) is 9.63. The highest BCUT2D eigenvalue weighted by molar-refractivity contribution is 7.13. The Balaban J connectivity index is 2.10. The van der Waals surface area contributed by atoms with Gasteiger partial charge in [-0.05, 0) is 36.4 Å². The Morgan fingerprint density at radius 2 is 2.06 bits per heavy atom. The molecule has 0 bridgehead atoms. The number of rotatable bonds is 2. The van der Waals surface area contributed by atoms with Gasteiger partial charge in [0.15, 0.2) is 0 Å². The molecule has 0 saturated carbocycles. The van der Waals surface area contributed by atoms with E-state index in [4.69, 9.17) is 5.26 Å². The van der Waals surface area contributed by atoms with E-state index in [0.29, 0.717) is 4.88 Å². The summed E-state index contributed by atoms with van der Waals surface area (Å²) in [5, 5.41) is 8.86. The average Bonchev–Trinajstić information content (AvgIpc) is 3.04. The van der Waals surface area contributed by atoms with Crippen LogP contribution in [0.4, 0.5) is 0 Å². The largest absolute Gasteiger partial charge is 0.317 e. The van der Waals surface area contributed by atoms with E-state index in [1.807, 2.05) is 30.5 Å². The fourth-order valence-electron chi connectivity index (χ4n) is 1.99. The number of hydrogen-bond donors (Lipinski definition) is 0. The predicted octanol–water partition coefficient (Wildman–Crippen LogP) is 3.93. The Kier molecular flexibility index (Phi) is 2.51. The minimum Gasteiger partial charge on any atom is -0.317 e. The van der Waals surface area contributed by atoms with Crippen molar-refractivity contribution in [1.29, 1.82) is 5.26 Å². The molecule has 0 aliphatic carbocycles. The molecule has 0 saturated heterocycles. The number of fused-ring (bicyclic) bond motifs is 1. The third kappa shape index (κ3) is 1.64. The van der Waals surface area contributed by atoms with Gasteiger partial charge in [0.05, 0.1) is 5.69 Å². The molecule has 2 nitrogen and oxygen atoms in total. The van der Waals surface area contributed by atoms with Crippen molar-refractivity contribution in [3.8, 4) is 6.07 Å². The van der Waals surface area contributed by atoms with Crippen LogP contribution in [0.15, 0.2) is 55.2 Å². The van der Waals surface area contributed by atoms with Gasteiger partial charge in [0.1, 0.15) is 10.9 Å². The van der Waals surface area contributed by atoms with Crippen LogP contribution in [0.1, 0.15) is 15.4 Å². The average molecular weight is 250 g/mol. The number of hydrogen-bond acceptors (Lipinski definition) is 2. The Labute approximate surface area is 109 Å². The molecular weight excluding hydrogens is 240 g/mol. The van der Waals surface area contributed by atoms with E-state index in [0.717, 1.165) is 21.7 Å². The van der Waals surface area contributed by atoms with E-state index < -0.39 is 0 Å². The highest BCUT2D eigenvalue weighted by Gasteiger charge is 2.09. The third-order valence-electron chi connectivity index (χ3n) is 2.89. The Morgan fingerprint density at radius 3 is 2.83 bits per heavy atom. The molecule has 0 aliphatic heterocycles. The number of pyridine rings is 1. The minimum absolute atomic E-state index is 0.715. The van der Waals surface area contributed by atoms with Gasteiger partial charge < -0.3 is 4.40 Å². The van der Waals surface area contributed by atoms with E-state index >= 15 is 0 Å². The lowest BCUT2D eigenvalue weighted by atomic mass is 10.2. The highest BCUT2D eigenvalue weighted by Crippen LogP contribution is 2.29. The molecule has 18 heavy (non-hydrogen) atoms. The molecule has 0 unspecified atom stereocenters. The minimum atomic E-state index is 0.715. The van der Waals surface area contributed by atoms with Crippen molar-refractivity contribution < 1.29 is 0 Å². The molecule has 0 aromatic carbocycles. The standard InChI is InChI=1S/C15H10N2S/c1-11(15-8-6-13(10-16)18-15)14-7-5-12-4-2-3-9-17(12)14/h2-9H,1H2. The SMILES string of the molecule is C=C(c1ccc(C#N)s1)c1ccc2ccccn12. The summed E-state index contributed by atoms with van der Waals surface area (Å²) in [5.74, 6) is 0. The first-order chi connectivity index (χ1) is 8.79. The van der Waals surface area contributed by atoms with Crippen LogP contribution in [0.25, 0.3) is 11.1 Å². The smallest absolute Gasteiger partial charge is 0.110 e. The summed E-state index contributed by atoms with van der Waals surface area (Å²) in [4.78, 5) is 1.75. The number of nitriles is 1. The van der Waals surface area contributed by atoms with Crippen LogP contribution in [0.3, 0.4) is 0 Å². The summed E-state index contributed by atoms with van der Waals surface area (Å²) in [6.07, 6.45) is 2.02. The topological polar surface area (TPSA) is 28.2 Å². The molecule has 3 aromatic rings. The van der Waals surface area contributed by atoms with Crippen LogP contribution in [0.5, 0.6) is 0 Å². The Bertz CT molecular complexity index is 771. The van der Waals surface area contributed by atoms with Crippen molar-refractivity contribution in [3.63, 3.8) is 0 Å². The van der Waals surface area contributed by atoms with Crippen LogP contribution >= 0.6 is 11.3 Å². The second-order valence-corrected chi connectivity index (χ2v) is 5.05. The van der Waals surface area contributed by atoms with E-state index in [1.165, 1.54) is 11.3 Å². The maximum absolute atomic E-state index is 8.86. The molecule has 0 atom stereocenters. The van der Waals surface area contributed by atoms with E-state index in [-0.39, 0.29) is 0 Å². The highest BCUT2D eigenvalue weighted by atomic mass is 32.1. The fraction of sp³-hybridized carbons (Fsp3) is 0. The van der Waals surface area contributed by atoms with Crippen molar-refractivity contribution in [2.75, 3.05) is 0 Å². The maximum Gasteiger partial charge on any atom is 0.110 e. The maximum atomic E-state index is 8.86. The zero-order chi connectivity index (χ0) is 12.5. The van der Waals surface area contributed by atoms with Crippen LogP contribution in [0.2, 0.25) is 0 Å². The fourth-order valence-corrected chi connectivity index (χ4v) is 2.77. The van der Waals surface area contributed by atoms with Gasteiger partial charge in [0.2, 0.25) is 0 Å².